The third-order valence-electron chi connectivity index (χ3n) is 2.15. The van der Waals surface area contributed by atoms with E-state index in [1.54, 1.807) is 0 Å². The van der Waals surface area contributed by atoms with Gasteiger partial charge in [0.05, 0.1) is 0 Å². The first-order valence-electron chi connectivity index (χ1n) is 4.34. The lowest BCUT2D eigenvalue weighted by atomic mass is 10.2. The van der Waals surface area contributed by atoms with Gasteiger partial charge < -0.3 is 4.90 Å². The van der Waals surface area contributed by atoms with Crippen molar-refractivity contribution in [1.29, 1.82) is 0 Å². The molecule has 1 aromatic carbocycles. The van der Waals surface area contributed by atoms with Gasteiger partial charge in [-0.1, -0.05) is 0 Å². The molecule has 0 aliphatic heterocycles. The van der Waals surface area contributed by atoms with Crippen molar-refractivity contribution in [3.8, 4) is 0 Å². The second-order valence-corrected chi connectivity index (χ2v) is 4.02. The van der Waals surface area contributed by atoms with Crippen molar-refractivity contribution in [2.75, 3.05) is 11.9 Å². The van der Waals surface area contributed by atoms with E-state index in [1.807, 2.05) is 12.1 Å². The number of hydrogen-bond donors (Lipinski definition) is 1. The normalized spacial score (nSPS) is 10.5. The summed E-state index contributed by atoms with van der Waals surface area (Å²) in [6, 6.07) is 8.79. The first kappa shape index (κ1) is 10.4. The molecular weight excluding hydrogens is 180 g/mol. The SMILES string of the molecule is CC(C)N(C)c1ccc(SN)cc1. The molecule has 0 heterocycles. The van der Waals surface area contributed by atoms with Crippen LogP contribution in [0.1, 0.15) is 13.8 Å². The summed E-state index contributed by atoms with van der Waals surface area (Å²) in [6.07, 6.45) is 0. The van der Waals surface area contributed by atoms with Crippen LogP contribution in [0, 0.1) is 0 Å². The van der Waals surface area contributed by atoms with E-state index in [0.717, 1.165) is 4.90 Å². The van der Waals surface area contributed by atoms with Crippen molar-refractivity contribution in [3.05, 3.63) is 24.3 Å². The van der Waals surface area contributed by atoms with E-state index in [0.29, 0.717) is 6.04 Å². The maximum absolute atomic E-state index is 5.44. The van der Waals surface area contributed by atoms with Gasteiger partial charge in [0.2, 0.25) is 0 Å². The van der Waals surface area contributed by atoms with Crippen molar-refractivity contribution in [2.24, 2.45) is 5.14 Å². The van der Waals surface area contributed by atoms with E-state index in [1.165, 1.54) is 17.6 Å². The van der Waals surface area contributed by atoms with Gasteiger partial charge in [0.25, 0.3) is 0 Å². The van der Waals surface area contributed by atoms with Gasteiger partial charge in [-0.15, -0.1) is 0 Å². The molecule has 13 heavy (non-hydrogen) atoms. The van der Waals surface area contributed by atoms with Crippen LogP contribution in [0.25, 0.3) is 0 Å². The summed E-state index contributed by atoms with van der Waals surface area (Å²) in [5, 5.41) is 5.44. The summed E-state index contributed by atoms with van der Waals surface area (Å²) in [4.78, 5) is 3.33. The highest BCUT2D eigenvalue weighted by Crippen LogP contribution is 2.19. The maximum Gasteiger partial charge on any atom is 0.0366 e. The van der Waals surface area contributed by atoms with Crippen LogP contribution < -0.4 is 10.0 Å². The number of nitrogens with zero attached hydrogens (tertiary/aromatic N) is 1. The largest absolute Gasteiger partial charge is 0.372 e. The molecule has 0 aromatic heterocycles. The maximum atomic E-state index is 5.44. The lowest BCUT2D eigenvalue weighted by Gasteiger charge is -2.23. The summed E-state index contributed by atoms with van der Waals surface area (Å²) >= 11 is 1.28. The topological polar surface area (TPSA) is 29.3 Å². The van der Waals surface area contributed by atoms with Gasteiger partial charge in [-0.05, 0) is 50.1 Å². The van der Waals surface area contributed by atoms with Gasteiger partial charge in [0.1, 0.15) is 0 Å². The molecule has 72 valence electrons. The van der Waals surface area contributed by atoms with E-state index in [4.69, 9.17) is 5.14 Å². The Bertz CT molecular complexity index is 256. The molecular formula is C10H16N2S. The summed E-state index contributed by atoms with van der Waals surface area (Å²) in [6.45, 7) is 4.34. The van der Waals surface area contributed by atoms with Crippen molar-refractivity contribution >= 4 is 17.6 Å². The molecule has 2 N–H and O–H groups in total. The number of benzene rings is 1. The second kappa shape index (κ2) is 4.53. The van der Waals surface area contributed by atoms with Gasteiger partial charge in [0, 0.05) is 23.7 Å². The van der Waals surface area contributed by atoms with Crippen LogP contribution in [0.15, 0.2) is 29.2 Å². The first-order valence-corrected chi connectivity index (χ1v) is 5.22. The van der Waals surface area contributed by atoms with E-state index in [-0.39, 0.29) is 0 Å². The summed E-state index contributed by atoms with van der Waals surface area (Å²) in [5.41, 5.74) is 1.23. The Kier molecular flexibility index (Phi) is 3.63. The summed E-state index contributed by atoms with van der Waals surface area (Å²) in [7, 11) is 2.09. The van der Waals surface area contributed by atoms with Gasteiger partial charge >= 0.3 is 0 Å². The lowest BCUT2D eigenvalue weighted by Crippen LogP contribution is -2.25. The van der Waals surface area contributed by atoms with Crippen LogP contribution in [0.5, 0.6) is 0 Å². The summed E-state index contributed by atoms with van der Waals surface area (Å²) < 4.78 is 0. The number of anilines is 1. The van der Waals surface area contributed by atoms with Crippen molar-refractivity contribution in [1.82, 2.24) is 0 Å². The van der Waals surface area contributed by atoms with Crippen molar-refractivity contribution < 1.29 is 0 Å². The molecule has 0 saturated heterocycles. The number of hydrogen-bond acceptors (Lipinski definition) is 3. The third-order valence-corrected chi connectivity index (χ3v) is 2.70. The zero-order chi connectivity index (χ0) is 9.84. The molecule has 0 atom stereocenters. The predicted molar refractivity (Wildman–Crippen MR) is 60.0 cm³/mol. The fourth-order valence-corrected chi connectivity index (χ4v) is 1.35. The Hall–Kier alpha value is -0.670. The Balaban J connectivity index is 2.79. The van der Waals surface area contributed by atoms with Crippen LogP contribution in [0.4, 0.5) is 5.69 Å². The van der Waals surface area contributed by atoms with Gasteiger partial charge in [-0.3, -0.25) is 5.14 Å². The predicted octanol–water partition coefficient (Wildman–Crippen LogP) is 2.50. The summed E-state index contributed by atoms with van der Waals surface area (Å²) in [5.74, 6) is 0. The van der Waals surface area contributed by atoms with E-state index in [2.05, 4.69) is 37.9 Å². The Morgan fingerprint density at radius 2 is 1.77 bits per heavy atom. The molecule has 0 saturated carbocycles. The molecule has 1 rings (SSSR count). The van der Waals surface area contributed by atoms with Crippen LogP contribution in [-0.4, -0.2) is 13.1 Å². The Morgan fingerprint density at radius 3 is 2.15 bits per heavy atom. The molecule has 1 aromatic rings. The molecule has 3 heteroatoms. The van der Waals surface area contributed by atoms with Crippen molar-refractivity contribution in [2.45, 2.75) is 24.8 Å². The minimum absolute atomic E-state index is 0.524. The molecule has 0 fully saturated rings. The van der Waals surface area contributed by atoms with Gasteiger partial charge in [-0.2, -0.15) is 0 Å². The smallest absolute Gasteiger partial charge is 0.0366 e. The fraction of sp³-hybridized carbons (Fsp3) is 0.400. The molecule has 0 unspecified atom stereocenters. The monoisotopic (exact) mass is 196 g/mol. The lowest BCUT2D eigenvalue weighted by molar-refractivity contribution is 0.754. The third kappa shape index (κ3) is 2.64. The Morgan fingerprint density at radius 1 is 1.23 bits per heavy atom. The quantitative estimate of drug-likeness (QED) is 0.753. The zero-order valence-electron chi connectivity index (χ0n) is 8.32. The Labute approximate surface area is 84.2 Å². The van der Waals surface area contributed by atoms with Crippen molar-refractivity contribution in [3.63, 3.8) is 0 Å². The first-order chi connectivity index (χ1) is 6.15. The molecule has 2 nitrogen and oxygen atoms in total. The molecule has 0 aliphatic carbocycles. The van der Waals surface area contributed by atoms with Gasteiger partial charge in [-0.25, -0.2) is 0 Å². The van der Waals surface area contributed by atoms with E-state index in [9.17, 15) is 0 Å². The van der Waals surface area contributed by atoms with Crippen LogP contribution in [0.3, 0.4) is 0 Å². The average Bonchev–Trinajstić information content (AvgIpc) is 2.17. The average molecular weight is 196 g/mol. The van der Waals surface area contributed by atoms with Crippen LogP contribution >= 0.6 is 11.9 Å². The van der Waals surface area contributed by atoms with E-state index < -0.39 is 0 Å². The molecule has 0 amide bonds. The van der Waals surface area contributed by atoms with Crippen LogP contribution in [0.2, 0.25) is 0 Å². The molecule has 0 radical (unpaired) electrons. The highest BCUT2D eigenvalue weighted by molar-refractivity contribution is 7.97. The minimum Gasteiger partial charge on any atom is -0.372 e. The zero-order valence-corrected chi connectivity index (χ0v) is 9.14. The molecule has 0 spiro atoms. The highest BCUT2D eigenvalue weighted by atomic mass is 32.2. The molecule has 0 bridgehead atoms. The number of nitrogens with two attached hydrogens (primary N) is 1. The minimum atomic E-state index is 0.524. The van der Waals surface area contributed by atoms with Crippen LogP contribution in [-0.2, 0) is 0 Å². The standard InChI is InChI=1S/C10H16N2S/c1-8(2)12(3)9-4-6-10(13-11)7-5-9/h4-8H,11H2,1-3H3. The van der Waals surface area contributed by atoms with E-state index >= 15 is 0 Å². The number of rotatable bonds is 3. The van der Waals surface area contributed by atoms with Gasteiger partial charge in [0.15, 0.2) is 0 Å². The fourth-order valence-electron chi connectivity index (χ4n) is 1.06. The molecule has 0 aliphatic rings. The highest BCUT2D eigenvalue weighted by Gasteiger charge is 2.03. The second-order valence-electron chi connectivity index (χ2n) is 3.32.